The summed E-state index contributed by atoms with van der Waals surface area (Å²) in [6, 6.07) is 2.15. The number of aromatic amines is 1. The molecule has 3 heterocycles. The number of nitrogens with zero attached hydrogens (tertiary/aromatic N) is 2. The lowest BCUT2D eigenvalue weighted by atomic mass is 9.94. The van der Waals surface area contributed by atoms with Crippen molar-refractivity contribution in [3.63, 3.8) is 0 Å². The fourth-order valence-corrected chi connectivity index (χ4v) is 3.74. The molecule has 1 aliphatic heterocycles. The normalized spacial score (nSPS) is 20.4. The van der Waals surface area contributed by atoms with Gasteiger partial charge < -0.3 is 5.73 Å². The summed E-state index contributed by atoms with van der Waals surface area (Å²) < 4.78 is 0. The second-order valence-electron chi connectivity index (χ2n) is 5.60. The van der Waals surface area contributed by atoms with Gasteiger partial charge in [0.1, 0.15) is 0 Å². The van der Waals surface area contributed by atoms with Crippen molar-refractivity contribution >= 4 is 11.3 Å². The van der Waals surface area contributed by atoms with Crippen LogP contribution >= 0.6 is 11.3 Å². The minimum atomic E-state index is 0.769. The van der Waals surface area contributed by atoms with Crippen LogP contribution < -0.4 is 5.73 Å². The molecular weight excluding hydrogens is 268 g/mol. The molecule has 0 amide bonds. The Bertz CT molecular complexity index is 518. The van der Waals surface area contributed by atoms with Crippen molar-refractivity contribution in [2.75, 3.05) is 19.6 Å². The molecule has 2 aromatic heterocycles. The van der Waals surface area contributed by atoms with Gasteiger partial charge in [-0.15, -0.1) is 0 Å². The number of H-pyrrole nitrogens is 1. The van der Waals surface area contributed by atoms with Crippen molar-refractivity contribution in [1.82, 2.24) is 15.1 Å². The van der Waals surface area contributed by atoms with E-state index in [1.165, 1.54) is 42.8 Å². The van der Waals surface area contributed by atoms with Crippen LogP contribution in [-0.2, 0) is 6.54 Å². The van der Waals surface area contributed by atoms with Gasteiger partial charge in [-0.2, -0.15) is 16.4 Å². The van der Waals surface area contributed by atoms with Gasteiger partial charge in [0, 0.05) is 29.6 Å². The first kappa shape index (κ1) is 13.8. The first-order valence-electron chi connectivity index (χ1n) is 7.34. The number of piperidine rings is 1. The molecule has 4 nitrogen and oxygen atoms in total. The van der Waals surface area contributed by atoms with Gasteiger partial charge in [-0.1, -0.05) is 0 Å². The summed E-state index contributed by atoms with van der Waals surface area (Å²) in [6.07, 6.45) is 5.74. The van der Waals surface area contributed by atoms with Gasteiger partial charge in [0.25, 0.3) is 0 Å². The van der Waals surface area contributed by atoms with Crippen LogP contribution in [0.3, 0.4) is 0 Å². The minimum absolute atomic E-state index is 0.769. The van der Waals surface area contributed by atoms with Gasteiger partial charge in [0.05, 0.1) is 11.9 Å². The molecule has 1 unspecified atom stereocenters. The third-order valence-corrected chi connectivity index (χ3v) is 4.78. The molecule has 1 fully saturated rings. The monoisotopic (exact) mass is 290 g/mol. The predicted molar refractivity (Wildman–Crippen MR) is 83.6 cm³/mol. The Balaban J connectivity index is 1.67. The Morgan fingerprint density at radius 3 is 3.25 bits per heavy atom. The number of aromatic nitrogens is 2. The van der Waals surface area contributed by atoms with E-state index in [-0.39, 0.29) is 0 Å². The second-order valence-corrected chi connectivity index (χ2v) is 6.38. The third-order valence-electron chi connectivity index (χ3n) is 4.10. The Morgan fingerprint density at radius 1 is 1.50 bits per heavy atom. The smallest absolute Gasteiger partial charge is 0.0703 e. The number of likely N-dealkylation sites (tertiary alicyclic amines) is 1. The molecule has 0 aliphatic carbocycles. The highest BCUT2D eigenvalue weighted by molar-refractivity contribution is 7.08. The first-order valence-corrected chi connectivity index (χ1v) is 8.28. The van der Waals surface area contributed by atoms with Crippen LogP contribution in [0.15, 0.2) is 23.0 Å². The van der Waals surface area contributed by atoms with Crippen molar-refractivity contribution in [2.24, 2.45) is 11.7 Å². The molecule has 0 bridgehead atoms. The molecule has 5 heteroatoms. The Morgan fingerprint density at radius 2 is 2.45 bits per heavy atom. The minimum Gasteiger partial charge on any atom is -0.330 e. The van der Waals surface area contributed by atoms with E-state index >= 15 is 0 Å². The van der Waals surface area contributed by atoms with Crippen molar-refractivity contribution in [3.05, 3.63) is 28.6 Å². The maximum absolute atomic E-state index is 5.70. The Hall–Kier alpha value is -1.17. The van der Waals surface area contributed by atoms with Crippen molar-refractivity contribution in [1.29, 1.82) is 0 Å². The van der Waals surface area contributed by atoms with E-state index in [4.69, 9.17) is 5.73 Å². The number of hydrogen-bond acceptors (Lipinski definition) is 4. The molecule has 2 aromatic rings. The largest absolute Gasteiger partial charge is 0.330 e. The van der Waals surface area contributed by atoms with E-state index in [9.17, 15) is 0 Å². The summed E-state index contributed by atoms with van der Waals surface area (Å²) in [5, 5.41) is 11.7. The average molecular weight is 290 g/mol. The molecule has 1 saturated heterocycles. The summed E-state index contributed by atoms with van der Waals surface area (Å²) in [6.45, 7) is 4.16. The van der Waals surface area contributed by atoms with E-state index in [1.807, 2.05) is 6.20 Å². The quantitative estimate of drug-likeness (QED) is 0.890. The number of nitrogens with one attached hydrogen (secondary N) is 1. The fraction of sp³-hybridized carbons (Fsp3) is 0.533. The zero-order valence-corrected chi connectivity index (χ0v) is 12.5. The van der Waals surface area contributed by atoms with Crippen molar-refractivity contribution in [2.45, 2.75) is 25.8 Å². The van der Waals surface area contributed by atoms with Crippen LogP contribution in [0, 0.1) is 5.92 Å². The van der Waals surface area contributed by atoms with Crippen LogP contribution in [0.2, 0.25) is 0 Å². The molecule has 20 heavy (non-hydrogen) atoms. The predicted octanol–water partition coefficient (Wildman–Crippen LogP) is 2.70. The maximum Gasteiger partial charge on any atom is 0.0703 e. The molecule has 1 aliphatic rings. The maximum atomic E-state index is 5.70. The van der Waals surface area contributed by atoms with Gasteiger partial charge in [-0.3, -0.25) is 10.00 Å². The Labute approximate surface area is 124 Å². The van der Waals surface area contributed by atoms with E-state index in [0.717, 1.165) is 25.4 Å². The lowest BCUT2D eigenvalue weighted by molar-refractivity contribution is 0.163. The van der Waals surface area contributed by atoms with Crippen LogP contribution in [0.5, 0.6) is 0 Å². The van der Waals surface area contributed by atoms with Crippen molar-refractivity contribution < 1.29 is 0 Å². The lowest BCUT2D eigenvalue weighted by Crippen LogP contribution is -2.35. The van der Waals surface area contributed by atoms with E-state index in [1.54, 1.807) is 11.3 Å². The summed E-state index contributed by atoms with van der Waals surface area (Å²) >= 11 is 1.72. The van der Waals surface area contributed by atoms with Crippen LogP contribution in [0.1, 0.15) is 24.8 Å². The van der Waals surface area contributed by atoms with Gasteiger partial charge in [0.2, 0.25) is 0 Å². The van der Waals surface area contributed by atoms with Crippen LogP contribution in [0.4, 0.5) is 0 Å². The summed E-state index contributed by atoms with van der Waals surface area (Å²) in [5.74, 6) is 0.769. The van der Waals surface area contributed by atoms with E-state index in [0.29, 0.717) is 0 Å². The molecule has 0 saturated carbocycles. The molecule has 108 valence electrons. The van der Waals surface area contributed by atoms with Gasteiger partial charge in [-0.25, -0.2) is 0 Å². The van der Waals surface area contributed by atoms with Crippen molar-refractivity contribution in [3.8, 4) is 11.3 Å². The number of hydrogen-bond donors (Lipinski definition) is 2. The zero-order valence-electron chi connectivity index (χ0n) is 11.7. The number of nitrogens with two attached hydrogens (primary N) is 1. The molecule has 0 radical (unpaired) electrons. The average Bonchev–Trinajstić information content (AvgIpc) is 3.10. The first-order chi connectivity index (χ1) is 9.86. The molecule has 0 spiro atoms. The molecule has 3 N–H and O–H groups in total. The Kier molecular flexibility index (Phi) is 4.50. The van der Waals surface area contributed by atoms with Crippen LogP contribution in [-0.4, -0.2) is 34.7 Å². The fourth-order valence-electron chi connectivity index (χ4n) is 3.09. The summed E-state index contributed by atoms with van der Waals surface area (Å²) in [4.78, 5) is 2.55. The second kappa shape index (κ2) is 6.52. The third kappa shape index (κ3) is 3.11. The highest BCUT2D eigenvalue weighted by Gasteiger charge is 2.20. The molecule has 3 rings (SSSR count). The van der Waals surface area contributed by atoms with Crippen LogP contribution in [0.25, 0.3) is 11.3 Å². The van der Waals surface area contributed by atoms with Gasteiger partial charge in [-0.05, 0) is 49.7 Å². The molecule has 0 aromatic carbocycles. The topological polar surface area (TPSA) is 57.9 Å². The molecular formula is C15H22N4S. The van der Waals surface area contributed by atoms with E-state index in [2.05, 4.69) is 31.9 Å². The number of thiophene rings is 1. The standard InChI is InChI=1S/C15H22N4S/c16-5-3-12-2-1-6-19(9-12)10-14-8-17-18-15(14)13-4-7-20-11-13/h4,7-8,11-12H,1-3,5-6,9-10,16H2,(H,17,18). The lowest BCUT2D eigenvalue weighted by Gasteiger charge is -2.32. The summed E-state index contributed by atoms with van der Waals surface area (Å²) in [7, 11) is 0. The highest BCUT2D eigenvalue weighted by atomic mass is 32.1. The molecule has 1 atom stereocenters. The SMILES string of the molecule is NCCC1CCCN(Cc2cn[nH]c2-c2ccsc2)C1. The van der Waals surface area contributed by atoms with Gasteiger partial charge >= 0.3 is 0 Å². The number of rotatable bonds is 5. The highest BCUT2D eigenvalue weighted by Crippen LogP contribution is 2.26. The summed E-state index contributed by atoms with van der Waals surface area (Å²) in [5.41, 5.74) is 9.42. The van der Waals surface area contributed by atoms with Gasteiger partial charge in [0.15, 0.2) is 0 Å². The zero-order chi connectivity index (χ0) is 13.8. The van der Waals surface area contributed by atoms with E-state index < -0.39 is 0 Å².